The van der Waals surface area contributed by atoms with Gasteiger partial charge in [0.05, 0.1) is 12.5 Å². The maximum absolute atomic E-state index is 12.3. The molecule has 1 saturated heterocycles. The SMILES string of the molecule is C=C[C@@]1(SCC)CC[C@@H]1C(=O)N1CCOC1=O. The highest BCUT2D eigenvalue weighted by Crippen LogP contribution is 2.50. The van der Waals surface area contributed by atoms with Crippen molar-refractivity contribution in [2.45, 2.75) is 24.5 Å². The van der Waals surface area contributed by atoms with Crippen LogP contribution < -0.4 is 0 Å². The van der Waals surface area contributed by atoms with Crippen molar-refractivity contribution in [1.29, 1.82) is 0 Å². The summed E-state index contributed by atoms with van der Waals surface area (Å²) >= 11 is 1.74. The smallest absolute Gasteiger partial charge is 0.416 e. The largest absolute Gasteiger partial charge is 0.447 e. The first kappa shape index (κ1) is 12.5. The number of imide groups is 1. The molecule has 1 aliphatic heterocycles. The van der Waals surface area contributed by atoms with E-state index in [2.05, 4.69) is 13.5 Å². The van der Waals surface area contributed by atoms with Crippen molar-refractivity contribution in [3.63, 3.8) is 0 Å². The summed E-state index contributed by atoms with van der Waals surface area (Å²) in [5.41, 5.74) is 0. The van der Waals surface area contributed by atoms with Crippen LogP contribution in [0.2, 0.25) is 0 Å². The van der Waals surface area contributed by atoms with Gasteiger partial charge in [0.25, 0.3) is 0 Å². The summed E-state index contributed by atoms with van der Waals surface area (Å²) < 4.78 is 4.63. The van der Waals surface area contributed by atoms with E-state index in [4.69, 9.17) is 4.74 Å². The molecule has 0 aromatic rings. The van der Waals surface area contributed by atoms with Crippen LogP contribution in [0.25, 0.3) is 0 Å². The Hall–Kier alpha value is -0.970. The van der Waals surface area contributed by atoms with Gasteiger partial charge in [0, 0.05) is 4.75 Å². The van der Waals surface area contributed by atoms with E-state index in [9.17, 15) is 9.59 Å². The van der Waals surface area contributed by atoms with Gasteiger partial charge in [0.2, 0.25) is 5.91 Å². The highest BCUT2D eigenvalue weighted by atomic mass is 32.2. The summed E-state index contributed by atoms with van der Waals surface area (Å²) in [4.78, 5) is 24.9. The van der Waals surface area contributed by atoms with Gasteiger partial charge in [-0.2, -0.15) is 11.8 Å². The van der Waals surface area contributed by atoms with Crippen molar-refractivity contribution in [2.24, 2.45) is 5.92 Å². The molecule has 2 amide bonds. The predicted molar refractivity (Wildman–Crippen MR) is 66.8 cm³/mol. The molecule has 0 aromatic carbocycles. The van der Waals surface area contributed by atoms with Crippen LogP contribution in [0.1, 0.15) is 19.8 Å². The maximum atomic E-state index is 12.3. The minimum Gasteiger partial charge on any atom is -0.447 e. The van der Waals surface area contributed by atoms with Gasteiger partial charge in [-0.1, -0.05) is 13.0 Å². The van der Waals surface area contributed by atoms with E-state index < -0.39 is 6.09 Å². The predicted octanol–water partition coefficient (Wildman–Crippen LogP) is 2.05. The van der Waals surface area contributed by atoms with Crippen molar-refractivity contribution >= 4 is 23.8 Å². The van der Waals surface area contributed by atoms with E-state index in [-0.39, 0.29) is 16.6 Å². The summed E-state index contributed by atoms with van der Waals surface area (Å²) in [5.74, 6) is 0.732. The zero-order chi connectivity index (χ0) is 12.5. The minimum absolute atomic E-state index is 0.0976. The molecule has 17 heavy (non-hydrogen) atoms. The van der Waals surface area contributed by atoms with Gasteiger partial charge in [-0.15, -0.1) is 6.58 Å². The Kier molecular flexibility index (Phi) is 3.47. The van der Waals surface area contributed by atoms with E-state index in [0.717, 1.165) is 18.6 Å². The molecule has 94 valence electrons. The molecule has 5 heteroatoms. The van der Waals surface area contributed by atoms with E-state index in [1.54, 1.807) is 11.8 Å². The lowest BCUT2D eigenvalue weighted by Crippen LogP contribution is -2.52. The van der Waals surface area contributed by atoms with Crippen LogP contribution in [-0.2, 0) is 9.53 Å². The molecule has 0 radical (unpaired) electrons. The normalized spacial score (nSPS) is 31.9. The number of thioether (sulfide) groups is 1. The highest BCUT2D eigenvalue weighted by Gasteiger charge is 2.51. The Balaban J connectivity index is 2.09. The van der Waals surface area contributed by atoms with E-state index in [0.29, 0.717) is 13.2 Å². The first-order valence-electron chi connectivity index (χ1n) is 5.90. The van der Waals surface area contributed by atoms with Gasteiger partial charge in [0.15, 0.2) is 0 Å². The number of carbonyl (C=O) groups excluding carboxylic acids is 2. The van der Waals surface area contributed by atoms with Gasteiger partial charge in [-0.05, 0) is 18.6 Å². The third-order valence-corrected chi connectivity index (χ3v) is 4.98. The second-order valence-corrected chi connectivity index (χ2v) is 5.91. The number of rotatable bonds is 4. The number of hydrogen-bond acceptors (Lipinski definition) is 4. The summed E-state index contributed by atoms with van der Waals surface area (Å²) in [7, 11) is 0. The van der Waals surface area contributed by atoms with Crippen LogP contribution in [0, 0.1) is 5.92 Å². The number of cyclic esters (lactones) is 1. The van der Waals surface area contributed by atoms with Crippen LogP contribution in [-0.4, -0.2) is 40.6 Å². The molecule has 4 nitrogen and oxygen atoms in total. The molecule has 1 heterocycles. The van der Waals surface area contributed by atoms with Crippen molar-refractivity contribution < 1.29 is 14.3 Å². The number of amides is 2. The lowest BCUT2D eigenvalue weighted by molar-refractivity contribution is -0.135. The summed E-state index contributed by atoms with van der Waals surface area (Å²) in [5, 5.41) is 0. The first-order chi connectivity index (χ1) is 8.14. The second-order valence-electron chi connectivity index (χ2n) is 4.29. The van der Waals surface area contributed by atoms with Gasteiger partial charge in [-0.25, -0.2) is 9.69 Å². The van der Waals surface area contributed by atoms with Gasteiger partial charge < -0.3 is 4.74 Å². The zero-order valence-corrected chi connectivity index (χ0v) is 10.8. The quantitative estimate of drug-likeness (QED) is 0.721. The number of carbonyl (C=O) groups is 2. The van der Waals surface area contributed by atoms with Crippen LogP contribution in [0.3, 0.4) is 0 Å². The molecule has 1 saturated carbocycles. The zero-order valence-electron chi connectivity index (χ0n) is 9.98. The number of nitrogens with zero attached hydrogens (tertiary/aromatic N) is 1. The topological polar surface area (TPSA) is 46.6 Å². The Morgan fingerprint density at radius 2 is 2.53 bits per heavy atom. The van der Waals surface area contributed by atoms with E-state index in [1.807, 2.05) is 6.08 Å². The fourth-order valence-electron chi connectivity index (χ4n) is 2.43. The average molecular weight is 255 g/mol. The molecule has 0 spiro atoms. The monoisotopic (exact) mass is 255 g/mol. The standard InChI is InChI=1S/C12H17NO3S/c1-3-12(17-4-2)6-5-9(12)10(14)13-7-8-16-11(13)15/h3,9H,1,4-8H2,2H3/t9-,12-/m1/s1. The summed E-state index contributed by atoms with van der Waals surface area (Å²) in [6.07, 6.45) is 3.17. The molecule has 2 fully saturated rings. The van der Waals surface area contributed by atoms with E-state index in [1.165, 1.54) is 4.90 Å². The third kappa shape index (κ3) is 1.97. The van der Waals surface area contributed by atoms with Crippen molar-refractivity contribution in [3.8, 4) is 0 Å². The van der Waals surface area contributed by atoms with Crippen LogP contribution in [0.4, 0.5) is 4.79 Å². The molecular formula is C12H17NO3S. The highest BCUT2D eigenvalue weighted by molar-refractivity contribution is 8.00. The van der Waals surface area contributed by atoms with Crippen molar-refractivity contribution in [2.75, 3.05) is 18.9 Å². The van der Waals surface area contributed by atoms with Gasteiger partial charge in [0.1, 0.15) is 6.61 Å². The maximum Gasteiger partial charge on any atom is 0.416 e. The lowest BCUT2D eigenvalue weighted by atomic mass is 9.72. The number of hydrogen-bond donors (Lipinski definition) is 0. The minimum atomic E-state index is -0.499. The first-order valence-corrected chi connectivity index (χ1v) is 6.89. The van der Waals surface area contributed by atoms with Gasteiger partial charge >= 0.3 is 6.09 Å². The Labute approximate surface area is 105 Å². The molecular weight excluding hydrogens is 238 g/mol. The van der Waals surface area contributed by atoms with Crippen LogP contribution in [0.5, 0.6) is 0 Å². The molecule has 0 N–H and O–H groups in total. The molecule has 1 aliphatic carbocycles. The van der Waals surface area contributed by atoms with Gasteiger partial charge in [-0.3, -0.25) is 4.79 Å². The fourth-order valence-corrected chi connectivity index (χ4v) is 3.77. The summed E-state index contributed by atoms with van der Waals surface area (Å²) in [6, 6.07) is 0. The van der Waals surface area contributed by atoms with Crippen LogP contribution in [0.15, 0.2) is 12.7 Å². The molecule has 2 atom stereocenters. The van der Waals surface area contributed by atoms with Crippen molar-refractivity contribution in [1.82, 2.24) is 4.90 Å². The van der Waals surface area contributed by atoms with Crippen molar-refractivity contribution in [3.05, 3.63) is 12.7 Å². The van der Waals surface area contributed by atoms with E-state index >= 15 is 0 Å². The Morgan fingerprint density at radius 1 is 1.76 bits per heavy atom. The molecule has 2 rings (SSSR count). The molecule has 0 bridgehead atoms. The Bertz CT molecular complexity index is 358. The van der Waals surface area contributed by atoms with Crippen LogP contribution >= 0.6 is 11.8 Å². The Morgan fingerprint density at radius 3 is 2.94 bits per heavy atom. The lowest BCUT2D eigenvalue weighted by Gasteiger charge is -2.46. The molecule has 0 unspecified atom stereocenters. The summed E-state index contributed by atoms with van der Waals surface area (Å²) in [6.45, 7) is 6.62. The molecule has 0 aromatic heterocycles. The average Bonchev–Trinajstić information content (AvgIpc) is 2.70. The fraction of sp³-hybridized carbons (Fsp3) is 0.667. The number of ether oxygens (including phenoxy) is 1. The second kappa shape index (κ2) is 4.72. The third-order valence-electron chi connectivity index (χ3n) is 3.50. The molecule has 2 aliphatic rings.